The molecule has 0 fully saturated rings. The molecular formula is C16H15NO5. The molecular weight excluding hydrogens is 286 g/mol. The van der Waals surface area contributed by atoms with Crippen molar-refractivity contribution in [2.24, 2.45) is 0 Å². The summed E-state index contributed by atoms with van der Waals surface area (Å²) in [5.74, 6) is -1.16. The van der Waals surface area contributed by atoms with Crippen molar-refractivity contribution in [2.45, 2.75) is 18.9 Å². The SMILES string of the molecule is CCOC(=O)C1([N+](=O)[O-])C=CC(C(=O)c2ccccc2)=CC1. The van der Waals surface area contributed by atoms with Gasteiger partial charge in [-0.2, -0.15) is 0 Å². The van der Waals surface area contributed by atoms with E-state index in [4.69, 9.17) is 4.74 Å². The third kappa shape index (κ3) is 2.81. The molecule has 0 spiro atoms. The monoisotopic (exact) mass is 301 g/mol. The standard InChI is InChI=1S/C16H15NO5/c1-2-22-15(19)16(17(20)21)10-8-13(9-11-16)14(18)12-6-4-3-5-7-12/h3-10H,2,11H2,1H3. The third-order valence-electron chi connectivity index (χ3n) is 3.42. The Morgan fingerprint density at radius 3 is 2.50 bits per heavy atom. The average molecular weight is 301 g/mol. The molecule has 0 heterocycles. The summed E-state index contributed by atoms with van der Waals surface area (Å²) in [6.07, 6.45) is 3.66. The minimum atomic E-state index is -1.95. The van der Waals surface area contributed by atoms with E-state index in [-0.39, 0.29) is 18.8 Å². The van der Waals surface area contributed by atoms with Crippen LogP contribution in [0.2, 0.25) is 0 Å². The lowest BCUT2D eigenvalue weighted by Crippen LogP contribution is -2.46. The largest absolute Gasteiger partial charge is 0.460 e. The van der Waals surface area contributed by atoms with Crippen LogP contribution in [0, 0.1) is 10.1 Å². The molecule has 1 atom stereocenters. The molecule has 0 saturated heterocycles. The predicted molar refractivity (Wildman–Crippen MR) is 79.0 cm³/mol. The molecule has 0 aromatic heterocycles. The first-order valence-electron chi connectivity index (χ1n) is 6.82. The van der Waals surface area contributed by atoms with E-state index in [1.165, 1.54) is 12.2 Å². The molecule has 0 N–H and O–H groups in total. The summed E-state index contributed by atoms with van der Waals surface area (Å²) < 4.78 is 4.78. The second-order valence-corrected chi connectivity index (χ2v) is 4.79. The van der Waals surface area contributed by atoms with Crippen molar-refractivity contribution in [3.63, 3.8) is 0 Å². The van der Waals surface area contributed by atoms with E-state index < -0.39 is 16.4 Å². The van der Waals surface area contributed by atoms with Gasteiger partial charge in [-0.1, -0.05) is 36.4 Å². The Morgan fingerprint density at radius 2 is 2.00 bits per heavy atom. The van der Waals surface area contributed by atoms with E-state index in [0.717, 1.165) is 6.08 Å². The van der Waals surface area contributed by atoms with Crippen molar-refractivity contribution in [2.75, 3.05) is 6.61 Å². The fourth-order valence-corrected chi connectivity index (χ4v) is 2.17. The highest BCUT2D eigenvalue weighted by molar-refractivity contribution is 6.10. The fourth-order valence-electron chi connectivity index (χ4n) is 2.17. The van der Waals surface area contributed by atoms with Gasteiger partial charge >= 0.3 is 11.5 Å². The topological polar surface area (TPSA) is 86.5 Å². The molecule has 0 bridgehead atoms. The van der Waals surface area contributed by atoms with E-state index in [0.29, 0.717) is 11.1 Å². The van der Waals surface area contributed by atoms with Gasteiger partial charge in [0.15, 0.2) is 5.78 Å². The number of benzene rings is 1. The number of esters is 1. The predicted octanol–water partition coefficient (Wildman–Crippen LogP) is 2.33. The van der Waals surface area contributed by atoms with Gasteiger partial charge in [0.05, 0.1) is 13.0 Å². The molecule has 114 valence electrons. The maximum atomic E-state index is 12.3. The van der Waals surface area contributed by atoms with Crippen LogP contribution >= 0.6 is 0 Å². The number of nitro groups is 1. The molecule has 22 heavy (non-hydrogen) atoms. The molecule has 1 aromatic carbocycles. The van der Waals surface area contributed by atoms with E-state index in [1.54, 1.807) is 37.3 Å². The smallest absolute Gasteiger partial charge is 0.389 e. The zero-order chi connectivity index (χ0) is 16.2. The number of nitrogens with zero attached hydrogens (tertiary/aromatic N) is 1. The number of ketones is 1. The highest BCUT2D eigenvalue weighted by atomic mass is 16.6. The van der Waals surface area contributed by atoms with Crippen LogP contribution in [0.3, 0.4) is 0 Å². The first-order valence-corrected chi connectivity index (χ1v) is 6.82. The van der Waals surface area contributed by atoms with Crippen molar-refractivity contribution in [3.05, 3.63) is 69.8 Å². The van der Waals surface area contributed by atoms with E-state index in [2.05, 4.69) is 0 Å². The Morgan fingerprint density at radius 1 is 1.32 bits per heavy atom. The molecule has 6 nitrogen and oxygen atoms in total. The number of carbonyl (C=O) groups is 2. The van der Waals surface area contributed by atoms with Crippen LogP contribution in [0.15, 0.2) is 54.1 Å². The van der Waals surface area contributed by atoms with E-state index in [9.17, 15) is 19.7 Å². The Labute approximate surface area is 127 Å². The van der Waals surface area contributed by atoms with Gasteiger partial charge in [-0.25, -0.2) is 4.79 Å². The van der Waals surface area contributed by atoms with Gasteiger partial charge < -0.3 is 4.74 Å². The molecule has 6 heteroatoms. The maximum absolute atomic E-state index is 12.3. The van der Waals surface area contributed by atoms with Gasteiger partial charge in [0.1, 0.15) is 0 Å². The Hall–Kier alpha value is -2.76. The molecule has 0 amide bonds. The summed E-state index contributed by atoms with van der Waals surface area (Å²) in [5.41, 5.74) is -1.13. The van der Waals surface area contributed by atoms with Crippen molar-refractivity contribution in [3.8, 4) is 0 Å². The molecule has 1 aliphatic carbocycles. The van der Waals surface area contributed by atoms with Gasteiger partial charge in [-0.05, 0) is 13.0 Å². The van der Waals surface area contributed by atoms with Gasteiger partial charge in [0, 0.05) is 22.1 Å². The van der Waals surface area contributed by atoms with Crippen LogP contribution in [0.5, 0.6) is 0 Å². The van der Waals surface area contributed by atoms with Gasteiger partial charge in [-0.15, -0.1) is 0 Å². The number of Topliss-reactive ketones (excluding diaryl/α,β-unsaturated/α-hetero) is 1. The first kappa shape index (κ1) is 15.6. The van der Waals surface area contributed by atoms with Crippen molar-refractivity contribution >= 4 is 11.8 Å². The summed E-state index contributed by atoms with van der Waals surface area (Å²) in [6, 6.07) is 8.59. The lowest BCUT2D eigenvalue weighted by Gasteiger charge is -2.21. The molecule has 0 saturated carbocycles. The maximum Gasteiger partial charge on any atom is 0.389 e. The number of rotatable bonds is 5. The fraction of sp³-hybridized carbons (Fsp3) is 0.250. The summed E-state index contributed by atoms with van der Waals surface area (Å²) in [7, 11) is 0. The van der Waals surface area contributed by atoms with Crippen LogP contribution < -0.4 is 0 Å². The van der Waals surface area contributed by atoms with Crippen LogP contribution in [-0.2, 0) is 9.53 Å². The second kappa shape index (κ2) is 6.34. The summed E-state index contributed by atoms with van der Waals surface area (Å²) in [4.78, 5) is 34.7. The molecule has 1 aliphatic rings. The molecule has 2 rings (SSSR count). The molecule has 0 aliphatic heterocycles. The van der Waals surface area contributed by atoms with Crippen LogP contribution in [0.25, 0.3) is 0 Å². The second-order valence-electron chi connectivity index (χ2n) is 4.79. The highest BCUT2D eigenvalue weighted by Crippen LogP contribution is 2.27. The number of allylic oxidation sites excluding steroid dienone is 2. The van der Waals surface area contributed by atoms with Crippen LogP contribution in [-0.4, -0.2) is 28.8 Å². The first-order chi connectivity index (χ1) is 10.5. The van der Waals surface area contributed by atoms with Gasteiger partial charge in [0.2, 0.25) is 0 Å². The number of hydrogen-bond donors (Lipinski definition) is 0. The third-order valence-corrected chi connectivity index (χ3v) is 3.42. The summed E-state index contributed by atoms with van der Waals surface area (Å²) in [5, 5.41) is 11.3. The minimum absolute atomic E-state index is 0.0573. The van der Waals surface area contributed by atoms with Crippen molar-refractivity contribution in [1.29, 1.82) is 0 Å². The van der Waals surface area contributed by atoms with E-state index in [1.807, 2.05) is 0 Å². The number of carbonyl (C=O) groups excluding carboxylic acids is 2. The van der Waals surface area contributed by atoms with Gasteiger partial charge in [-0.3, -0.25) is 14.9 Å². The lowest BCUT2D eigenvalue weighted by atomic mass is 9.87. The van der Waals surface area contributed by atoms with Crippen molar-refractivity contribution in [1.82, 2.24) is 0 Å². The molecule has 1 unspecified atom stereocenters. The minimum Gasteiger partial charge on any atom is -0.460 e. The Bertz CT molecular complexity index is 662. The Kier molecular flexibility index (Phi) is 4.50. The average Bonchev–Trinajstić information content (AvgIpc) is 2.55. The number of hydrogen-bond acceptors (Lipinski definition) is 5. The summed E-state index contributed by atoms with van der Waals surface area (Å²) in [6.45, 7) is 1.64. The molecule has 0 radical (unpaired) electrons. The van der Waals surface area contributed by atoms with Crippen LogP contribution in [0.1, 0.15) is 23.7 Å². The Balaban J connectivity index is 2.24. The normalized spacial score (nSPS) is 20.1. The van der Waals surface area contributed by atoms with E-state index >= 15 is 0 Å². The van der Waals surface area contributed by atoms with Crippen LogP contribution in [0.4, 0.5) is 0 Å². The zero-order valence-corrected chi connectivity index (χ0v) is 12.0. The molecule has 1 aromatic rings. The zero-order valence-electron chi connectivity index (χ0n) is 12.0. The number of ether oxygens (including phenoxy) is 1. The highest BCUT2D eigenvalue weighted by Gasteiger charge is 2.50. The lowest BCUT2D eigenvalue weighted by molar-refractivity contribution is -0.540. The summed E-state index contributed by atoms with van der Waals surface area (Å²) >= 11 is 0. The van der Waals surface area contributed by atoms with Crippen molar-refractivity contribution < 1.29 is 19.2 Å². The quantitative estimate of drug-likeness (QED) is 0.360. The van der Waals surface area contributed by atoms with Gasteiger partial charge in [0.25, 0.3) is 0 Å².